The van der Waals surface area contributed by atoms with E-state index in [1.54, 1.807) is 30.6 Å². The van der Waals surface area contributed by atoms with E-state index in [2.05, 4.69) is 30.8 Å². The van der Waals surface area contributed by atoms with E-state index >= 15 is 0 Å². The van der Waals surface area contributed by atoms with Crippen molar-refractivity contribution in [2.45, 2.75) is 25.7 Å². The fourth-order valence-corrected chi connectivity index (χ4v) is 4.56. The molecule has 0 unspecified atom stereocenters. The summed E-state index contributed by atoms with van der Waals surface area (Å²) in [5, 5.41) is 8.64. The minimum Gasteiger partial charge on any atom is -0.356 e. The van der Waals surface area contributed by atoms with Crippen LogP contribution in [0.4, 0.5) is 11.5 Å². The van der Waals surface area contributed by atoms with Gasteiger partial charge in [-0.05, 0) is 49.9 Å². The maximum Gasteiger partial charge on any atom is 0.251 e. The quantitative estimate of drug-likeness (QED) is 0.379. The first-order valence-electron chi connectivity index (χ1n) is 13.2. The van der Waals surface area contributed by atoms with Crippen LogP contribution in [0.1, 0.15) is 36.0 Å². The molecule has 0 bridgehead atoms. The first-order chi connectivity index (χ1) is 18.6. The number of hydrogen-bond acceptors (Lipinski definition) is 6. The molecule has 1 saturated heterocycles. The number of carbonyl (C=O) groups excluding carboxylic acids is 3. The molecule has 2 heterocycles. The van der Waals surface area contributed by atoms with Gasteiger partial charge in [0.15, 0.2) is 0 Å². The first kappa shape index (κ1) is 25.4. The Kier molecular flexibility index (Phi) is 7.92. The van der Waals surface area contributed by atoms with Gasteiger partial charge in [0, 0.05) is 60.9 Å². The summed E-state index contributed by atoms with van der Waals surface area (Å²) in [7, 11) is 0. The number of aromatic nitrogens is 2. The number of nitrogens with zero attached hydrogens (tertiary/aromatic N) is 3. The van der Waals surface area contributed by atoms with Crippen LogP contribution in [-0.2, 0) is 9.59 Å². The summed E-state index contributed by atoms with van der Waals surface area (Å²) >= 11 is 0. The van der Waals surface area contributed by atoms with E-state index in [1.807, 2.05) is 36.4 Å². The smallest absolute Gasteiger partial charge is 0.251 e. The number of carbonyl (C=O) groups is 3. The molecule has 0 radical (unpaired) electrons. The Labute approximate surface area is 222 Å². The Bertz CT molecular complexity index is 1270. The molecule has 9 nitrogen and oxygen atoms in total. The topological polar surface area (TPSA) is 116 Å². The van der Waals surface area contributed by atoms with Gasteiger partial charge in [0.1, 0.15) is 12.1 Å². The molecule has 3 aromatic rings. The number of amides is 3. The highest BCUT2D eigenvalue weighted by atomic mass is 16.2. The van der Waals surface area contributed by atoms with Crippen LogP contribution in [0.2, 0.25) is 0 Å². The van der Waals surface area contributed by atoms with Crippen molar-refractivity contribution in [2.75, 3.05) is 36.4 Å². The van der Waals surface area contributed by atoms with E-state index in [0.29, 0.717) is 24.3 Å². The number of hydrogen-bond donors (Lipinski definition) is 3. The van der Waals surface area contributed by atoms with Crippen molar-refractivity contribution in [3.05, 3.63) is 72.6 Å². The SMILES string of the molecule is O=C(NCCNC(=O)C1CCN(c2cc(-c3ccccc3)ncn2)CC1)c1ccc(NC(=O)C2CC2)cc1. The van der Waals surface area contributed by atoms with Gasteiger partial charge in [-0.15, -0.1) is 0 Å². The van der Waals surface area contributed by atoms with Gasteiger partial charge in [-0.2, -0.15) is 0 Å². The van der Waals surface area contributed by atoms with Crippen LogP contribution in [0, 0.1) is 11.8 Å². The Morgan fingerprint density at radius 2 is 1.47 bits per heavy atom. The maximum atomic E-state index is 12.7. The second-order valence-corrected chi connectivity index (χ2v) is 9.78. The molecule has 2 aromatic carbocycles. The van der Waals surface area contributed by atoms with Gasteiger partial charge in [0.25, 0.3) is 5.91 Å². The van der Waals surface area contributed by atoms with Gasteiger partial charge in [0.05, 0.1) is 5.69 Å². The van der Waals surface area contributed by atoms with Crippen molar-refractivity contribution < 1.29 is 14.4 Å². The van der Waals surface area contributed by atoms with Crippen molar-refractivity contribution in [1.82, 2.24) is 20.6 Å². The van der Waals surface area contributed by atoms with Crippen LogP contribution in [0.5, 0.6) is 0 Å². The molecule has 3 N–H and O–H groups in total. The summed E-state index contributed by atoms with van der Waals surface area (Å²) < 4.78 is 0. The summed E-state index contributed by atoms with van der Waals surface area (Å²) in [4.78, 5) is 48.0. The van der Waals surface area contributed by atoms with Gasteiger partial charge in [-0.1, -0.05) is 30.3 Å². The lowest BCUT2D eigenvalue weighted by Crippen LogP contribution is -2.42. The van der Waals surface area contributed by atoms with E-state index in [0.717, 1.165) is 55.8 Å². The van der Waals surface area contributed by atoms with Gasteiger partial charge in [-0.3, -0.25) is 14.4 Å². The molecule has 38 heavy (non-hydrogen) atoms. The molecule has 0 atom stereocenters. The molecule has 1 saturated carbocycles. The predicted molar refractivity (Wildman–Crippen MR) is 146 cm³/mol. The summed E-state index contributed by atoms with van der Waals surface area (Å²) in [6.45, 7) is 2.20. The fraction of sp³-hybridized carbons (Fsp3) is 0.345. The Morgan fingerprint density at radius 1 is 0.789 bits per heavy atom. The standard InChI is InChI=1S/C29H32N6O3/c36-27(21-8-10-24(11-9-21)34-29(38)22-6-7-22)30-14-15-31-28(37)23-12-16-35(17-13-23)26-18-25(32-19-33-26)20-4-2-1-3-5-20/h1-5,8-11,18-19,22-23H,6-7,12-17H2,(H,30,36)(H,31,37)(H,34,38). The molecule has 196 valence electrons. The van der Waals surface area contributed by atoms with E-state index in [4.69, 9.17) is 0 Å². The van der Waals surface area contributed by atoms with Crippen molar-refractivity contribution >= 4 is 29.2 Å². The highest BCUT2D eigenvalue weighted by Gasteiger charge is 2.29. The minimum absolute atomic E-state index is 0.0160. The Morgan fingerprint density at radius 3 is 2.18 bits per heavy atom. The van der Waals surface area contributed by atoms with Gasteiger partial charge in [0.2, 0.25) is 11.8 Å². The van der Waals surface area contributed by atoms with Crippen LogP contribution in [0.25, 0.3) is 11.3 Å². The summed E-state index contributed by atoms with van der Waals surface area (Å²) in [5.41, 5.74) is 3.13. The van der Waals surface area contributed by atoms with Crippen LogP contribution >= 0.6 is 0 Å². The van der Waals surface area contributed by atoms with Crippen LogP contribution in [-0.4, -0.2) is 53.9 Å². The number of rotatable bonds is 9. The van der Waals surface area contributed by atoms with Crippen LogP contribution < -0.4 is 20.9 Å². The summed E-state index contributed by atoms with van der Waals surface area (Å²) in [6, 6.07) is 18.8. The normalized spacial score (nSPS) is 15.5. The predicted octanol–water partition coefficient (Wildman–Crippen LogP) is 3.25. The van der Waals surface area contributed by atoms with Gasteiger partial charge >= 0.3 is 0 Å². The zero-order chi connectivity index (χ0) is 26.3. The third kappa shape index (κ3) is 6.53. The number of benzene rings is 2. The van der Waals surface area contributed by atoms with Crippen molar-refractivity contribution in [2.24, 2.45) is 11.8 Å². The van der Waals surface area contributed by atoms with Gasteiger partial charge in [-0.25, -0.2) is 9.97 Å². The van der Waals surface area contributed by atoms with Crippen molar-refractivity contribution in [1.29, 1.82) is 0 Å². The van der Waals surface area contributed by atoms with Crippen LogP contribution in [0.15, 0.2) is 67.0 Å². The lowest BCUT2D eigenvalue weighted by atomic mass is 9.96. The van der Waals surface area contributed by atoms with E-state index in [1.165, 1.54) is 0 Å². The molecule has 2 aliphatic rings. The molecule has 5 rings (SSSR count). The lowest BCUT2D eigenvalue weighted by Gasteiger charge is -2.32. The average molecular weight is 513 g/mol. The van der Waals surface area contributed by atoms with Crippen molar-refractivity contribution in [3.8, 4) is 11.3 Å². The van der Waals surface area contributed by atoms with Crippen molar-refractivity contribution in [3.63, 3.8) is 0 Å². The Hall–Kier alpha value is -4.27. The second-order valence-electron chi connectivity index (χ2n) is 9.78. The number of anilines is 2. The summed E-state index contributed by atoms with van der Waals surface area (Å²) in [6.07, 6.45) is 4.97. The lowest BCUT2D eigenvalue weighted by molar-refractivity contribution is -0.125. The second kappa shape index (κ2) is 11.9. The monoisotopic (exact) mass is 512 g/mol. The highest BCUT2D eigenvalue weighted by molar-refractivity contribution is 5.96. The van der Waals surface area contributed by atoms with Crippen LogP contribution in [0.3, 0.4) is 0 Å². The zero-order valence-corrected chi connectivity index (χ0v) is 21.2. The molecule has 9 heteroatoms. The third-order valence-corrected chi connectivity index (χ3v) is 6.98. The third-order valence-electron chi connectivity index (χ3n) is 6.98. The molecule has 1 aliphatic heterocycles. The maximum absolute atomic E-state index is 12.7. The molecule has 2 fully saturated rings. The molecular formula is C29H32N6O3. The zero-order valence-electron chi connectivity index (χ0n) is 21.2. The van der Waals surface area contributed by atoms with E-state index in [-0.39, 0.29) is 29.6 Å². The number of piperidine rings is 1. The largest absolute Gasteiger partial charge is 0.356 e. The number of nitrogens with one attached hydrogen (secondary N) is 3. The summed E-state index contributed by atoms with van der Waals surface area (Å²) in [5.74, 6) is 0.784. The molecule has 1 aromatic heterocycles. The fourth-order valence-electron chi connectivity index (χ4n) is 4.56. The Balaban J connectivity index is 1.02. The average Bonchev–Trinajstić information content (AvgIpc) is 3.82. The van der Waals surface area contributed by atoms with E-state index < -0.39 is 0 Å². The molecule has 1 aliphatic carbocycles. The minimum atomic E-state index is -0.215. The van der Waals surface area contributed by atoms with Gasteiger partial charge < -0.3 is 20.9 Å². The van der Waals surface area contributed by atoms with E-state index in [9.17, 15) is 14.4 Å². The molecule has 3 amide bonds. The molecule has 0 spiro atoms. The highest BCUT2D eigenvalue weighted by Crippen LogP contribution is 2.30. The first-order valence-corrected chi connectivity index (χ1v) is 13.2. The molecular weight excluding hydrogens is 480 g/mol.